The summed E-state index contributed by atoms with van der Waals surface area (Å²) in [5.41, 5.74) is 8.02. The predicted octanol–water partition coefficient (Wildman–Crippen LogP) is 0.610. The number of hydrogen-bond donors (Lipinski definition) is 3. The molecule has 0 spiro atoms. The number of anilines is 1. The van der Waals surface area contributed by atoms with Gasteiger partial charge in [-0.3, -0.25) is 5.10 Å². The predicted molar refractivity (Wildman–Crippen MR) is 71.1 cm³/mol. The van der Waals surface area contributed by atoms with Gasteiger partial charge in [0.25, 0.3) is 0 Å². The zero-order valence-corrected chi connectivity index (χ0v) is 10.9. The Kier molecular flexibility index (Phi) is 2.79. The first kappa shape index (κ1) is 12.2. The first-order chi connectivity index (χ1) is 9.08. The van der Waals surface area contributed by atoms with Crippen LogP contribution in [0.2, 0.25) is 0 Å². The Morgan fingerprint density at radius 2 is 2.21 bits per heavy atom. The Bertz CT molecular complexity index is 708. The number of nitrogens with one attached hydrogen (secondary N) is 2. The van der Waals surface area contributed by atoms with Crippen LogP contribution in [-0.4, -0.2) is 25.2 Å². The summed E-state index contributed by atoms with van der Waals surface area (Å²) in [5, 5.41) is 6.03. The number of sulfonamides is 1. The van der Waals surface area contributed by atoms with Gasteiger partial charge in [-0.05, 0) is 17.5 Å². The highest BCUT2D eigenvalue weighted by Crippen LogP contribution is 2.34. The summed E-state index contributed by atoms with van der Waals surface area (Å²) in [6, 6.07) is 8.05. The molecule has 3 rings (SSSR count). The number of nitrogens with zero attached hydrogens (tertiary/aromatic N) is 1. The van der Waals surface area contributed by atoms with Gasteiger partial charge in [-0.1, -0.05) is 24.3 Å². The van der Waals surface area contributed by atoms with Crippen molar-refractivity contribution in [1.29, 1.82) is 0 Å². The molecular weight excluding hydrogens is 264 g/mol. The second-order valence-corrected chi connectivity index (χ2v) is 6.34. The molecule has 0 bridgehead atoms. The van der Waals surface area contributed by atoms with Gasteiger partial charge >= 0.3 is 0 Å². The Balaban J connectivity index is 1.70. The van der Waals surface area contributed by atoms with Crippen LogP contribution in [0.5, 0.6) is 0 Å². The highest BCUT2D eigenvalue weighted by Gasteiger charge is 2.28. The number of H-pyrrole nitrogens is 1. The van der Waals surface area contributed by atoms with Gasteiger partial charge in [-0.2, -0.15) is 5.10 Å². The first-order valence-electron chi connectivity index (χ1n) is 5.94. The van der Waals surface area contributed by atoms with Crippen LogP contribution in [-0.2, 0) is 16.4 Å². The minimum absolute atomic E-state index is 0.000101. The smallest absolute Gasteiger partial charge is 0.245 e. The van der Waals surface area contributed by atoms with Gasteiger partial charge in [0.15, 0.2) is 0 Å². The van der Waals surface area contributed by atoms with Crippen LogP contribution < -0.4 is 10.5 Å². The maximum absolute atomic E-state index is 12.0. The fourth-order valence-electron chi connectivity index (χ4n) is 2.33. The monoisotopic (exact) mass is 278 g/mol. The Morgan fingerprint density at radius 1 is 1.42 bits per heavy atom. The van der Waals surface area contributed by atoms with E-state index >= 15 is 0 Å². The van der Waals surface area contributed by atoms with Crippen molar-refractivity contribution in [2.24, 2.45) is 0 Å². The first-order valence-corrected chi connectivity index (χ1v) is 7.42. The number of hydrogen-bond acceptors (Lipinski definition) is 4. The van der Waals surface area contributed by atoms with E-state index in [0.29, 0.717) is 6.54 Å². The standard InChI is InChI=1S/C12H14N4O2S/c13-12-11(7-14-16-12)19(17,18)15-6-9-5-8-3-1-2-4-10(8)9/h1-4,7,9,15H,5-6H2,(H3,13,14,16). The van der Waals surface area contributed by atoms with Gasteiger partial charge < -0.3 is 5.73 Å². The van der Waals surface area contributed by atoms with Crippen molar-refractivity contribution in [3.05, 3.63) is 41.6 Å². The van der Waals surface area contributed by atoms with Crippen LogP contribution in [0.25, 0.3) is 0 Å². The number of aromatic amines is 1. The summed E-state index contributed by atoms with van der Waals surface area (Å²) in [5.74, 6) is 0.292. The lowest BCUT2D eigenvalue weighted by molar-refractivity contribution is 0.552. The minimum Gasteiger partial charge on any atom is -0.383 e. The minimum atomic E-state index is -3.59. The molecule has 19 heavy (non-hydrogen) atoms. The summed E-state index contributed by atoms with van der Waals surface area (Å²) in [7, 11) is -3.59. The lowest BCUT2D eigenvalue weighted by Gasteiger charge is -2.30. The Labute approximate surface area is 111 Å². The lowest BCUT2D eigenvalue weighted by atomic mass is 9.78. The van der Waals surface area contributed by atoms with E-state index in [-0.39, 0.29) is 16.6 Å². The van der Waals surface area contributed by atoms with E-state index in [0.717, 1.165) is 6.42 Å². The van der Waals surface area contributed by atoms with Crippen molar-refractivity contribution < 1.29 is 8.42 Å². The molecule has 2 aromatic rings. The van der Waals surface area contributed by atoms with E-state index in [2.05, 4.69) is 21.0 Å². The summed E-state index contributed by atoms with van der Waals surface area (Å²) >= 11 is 0. The number of nitrogen functional groups attached to an aromatic ring is 1. The van der Waals surface area contributed by atoms with E-state index in [9.17, 15) is 8.42 Å². The molecule has 0 radical (unpaired) electrons. The summed E-state index contributed by atoms with van der Waals surface area (Å²) in [6.07, 6.45) is 2.12. The normalized spacial score (nSPS) is 17.8. The number of aromatic nitrogens is 2. The number of benzene rings is 1. The third kappa shape index (κ3) is 2.11. The van der Waals surface area contributed by atoms with Crippen molar-refractivity contribution in [3.63, 3.8) is 0 Å². The fraction of sp³-hybridized carbons (Fsp3) is 0.250. The summed E-state index contributed by atoms with van der Waals surface area (Å²) in [4.78, 5) is 0.000101. The van der Waals surface area contributed by atoms with Crippen molar-refractivity contribution in [2.45, 2.75) is 17.2 Å². The van der Waals surface area contributed by atoms with Crippen molar-refractivity contribution in [3.8, 4) is 0 Å². The van der Waals surface area contributed by atoms with E-state index < -0.39 is 10.0 Å². The van der Waals surface area contributed by atoms with Gasteiger partial charge in [0.05, 0.1) is 6.20 Å². The molecule has 1 aliphatic rings. The molecular formula is C12H14N4O2S. The van der Waals surface area contributed by atoms with Gasteiger partial charge in [0.1, 0.15) is 10.7 Å². The second-order valence-electron chi connectivity index (χ2n) is 4.60. The Hall–Kier alpha value is -1.86. The third-order valence-corrected chi connectivity index (χ3v) is 4.85. The molecule has 1 atom stereocenters. The van der Waals surface area contributed by atoms with E-state index in [1.165, 1.54) is 17.3 Å². The SMILES string of the molecule is Nc1[nH]ncc1S(=O)(=O)NCC1Cc2ccccc21. The van der Waals surface area contributed by atoms with Crippen LogP contribution in [0.4, 0.5) is 5.82 Å². The molecule has 1 aromatic heterocycles. The Morgan fingerprint density at radius 3 is 2.89 bits per heavy atom. The molecule has 7 heteroatoms. The fourth-order valence-corrected chi connectivity index (χ4v) is 3.43. The second kappa shape index (κ2) is 4.36. The molecule has 100 valence electrons. The number of fused-ring (bicyclic) bond motifs is 1. The topological polar surface area (TPSA) is 101 Å². The van der Waals surface area contributed by atoms with Crippen molar-refractivity contribution in [2.75, 3.05) is 12.3 Å². The van der Waals surface area contributed by atoms with Crippen LogP contribution in [0.3, 0.4) is 0 Å². The van der Waals surface area contributed by atoms with Crippen LogP contribution in [0.1, 0.15) is 17.0 Å². The highest BCUT2D eigenvalue weighted by atomic mass is 32.2. The maximum atomic E-state index is 12.0. The molecule has 6 nitrogen and oxygen atoms in total. The van der Waals surface area contributed by atoms with Gasteiger partial charge in [-0.25, -0.2) is 13.1 Å². The molecule has 0 saturated carbocycles. The molecule has 1 aromatic carbocycles. The highest BCUT2D eigenvalue weighted by molar-refractivity contribution is 7.89. The van der Waals surface area contributed by atoms with Crippen LogP contribution in [0, 0.1) is 0 Å². The molecule has 0 fully saturated rings. The average Bonchev–Trinajstić information content (AvgIpc) is 2.77. The largest absolute Gasteiger partial charge is 0.383 e. The van der Waals surface area contributed by atoms with E-state index in [1.54, 1.807) is 0 Å². The molecule has 0 saturated heterocycles. The average molecular weight is 278 g/mol. The number of nitrogens with two attached hydrogens (primary N) is 1. The van der Waals surface area contributed by atoms with Crippen molar-refractivity contribution in [1.82, 2.24) is 14.9 Å². The van der Waals surface area contributed by atoms with Gasteiger partial charge in [0, 0.05) is 12.5 Å². The van der Waals surface area contributed by atoms with Crippen LogP contribution in [0.15, 0.2) is 35.4 Å². The zero-order chi connectivity index (χ0) is 13.5. The lowest BCUT2D eigenvalue weighted by Crippen LogP contribution is -2.33. The van der Waals surface area contributed by atoms with E-state index in [1.807, 2.05) is 18.2 Å². The van der Waals surface area contributed by atoms with Gasteiger partial charge in [0.2, 0.25) is 10.0 Å². The molecule has 0 aliphatic heterocycles. The van der Waals surface area contributed by atoms with E-state index in [4.69, 9.17) is 5.73 Å². The molecule has 1 aliphatic carbocycles. The quantitative estimate of drug-likeness (QED) is 0.762. The molecule has 0 amide bonds. The van der Waals surface area contributed by atoms with Crippen LogP contribution >= 0.6 is 0 Å². The summed E-state index contributed by atoms with van der Waals surface area (Å²) in [6.45, 7) is 0.379. The van der Waals surface area contributed by atoms with Crippen molar-refractivity contribution >= 4 is 15.8 Å². The van der Waals surface area contributed by atoms with Gasteiger partial charge in [-0.15, -0.1) is 0 Å². The maximum Gasteiger partial charge on any atom is 0.245 e. The summed E-state index contributed by atoms with van der Waals surface area (Å²) < 4.78 is 26.6. The molecule has 1 heterocycles. The molecule has 4 N–H and O–H groups in total. The third-order valence-electron chi connectivity index (χ3n) is 3.40. The zero-order valence-electron chi connectivity index (χ0n) is 10.1. The number of rotatable bonds is 4. The molecule has 1 unspecified atom stereocenters.